The molecule has 0 saturated heterocycles. The van der Waals surface area contributed by atoms with E-state index >= 15 is 0 Å². The summed E-state index contributed by atoms with van der Waals surface area (Å²) in [6.07, 6.45) is 0. The maximum absolute atomic E-state index is 7.64. The maximum atomic E-state index is 7.64. The van der Waals surface area contributed by atoms with Gasteiger partial charge in [0.15, 0.2) is 0 Å². The van der Waals surface area contributed by atoms with Gasteiger partial charge >= 0.3 is 54.9 Å². The zero-order valence-corrected chi connectivity index (χ0v) is 9.32. The molecule has 8 heteroatoms. The van der Waals surface area contributed by atoms with Crippen LogP contribution in [0.15, 0.2) is 0 Å². The predicted molar refractivity (Wildman–Crippen MR) is 27.8 cm³/mol. The minimum absolute atomic E-state index is 0. The average Bonchev–Trinajstić information content (AvgIpc) is 0.722. The van der Waals surface area contributed by atoms with E-state index in [-0.39, 0.29) is 52.4 Å². The Bertz CT molecular complexity index is 31.5. The fourth-order valence-electron chi connectivity index (χ4n) is 0. The molecule has 0 amide bonds. The maximum Gasteiger partial charge on any atom is 3.00 e. The summed E-state index contributed by atoms with van der Waals surface area (Å²) in [7, 11) is -3.92. The molecule has 0 heterocycles. The van der Waals surface area contributed by atoms with Crippen LogP contribution in [0.5, 0.6) is 0 Å². The standard InChI is InChI=1S/Al.Na.H4O3SSi.O/c;;1-5(2,3)4;/h;;1-4H;/q+3;+1;;-2. The number of thiol groups is 1. The summed E-state index contributed by atoms with van der Waals surface area (Å²) in [5, 5.41) is 0. The van der Waals surface area contributed by atoms with Crippen molar-refractivity contribution in [3.8, 4) is 0 Å². The van der Waals surface area contributed by atoms with Gasteiger partial charge in [-0.1, -0.05) is 0 Å². The van der Waals surface area contributed by atoms with Crippen molar-refractivity contribution in [3.63, 3.8) is 0 Å². The predicted octanol–water partition coefficient (Wildman–Crippen LogP) is -5.17. The van der Waals surface area contributed by atoms with E-state index in [0.29, 0.717) is 0 Å². The molecule has 0 bridgehead atoms. The van der Waals surface area contributed by atoms with Crippen molar-refractivity contribution in [2.75, 3.05) is 0 Å². The van der Waals surface area contributed by atoms with Gasteiger partial charge in [-0.25, -0.2) is 0 Å². The molecule has 0 saturated carbocycles. The van der Waals surface area contributed by atoms with Crippen LogP contribution in [0.1, 0.15) is 0 Å². The van der Waals surface area contributed by atoms with Gasteiger partial charge in [0.2, 0.25) is 0 Å². The third-order valence-corrected chi connectivity index (χ3v) is 0. The van der Waals surface area contributed by atoms with Gasteiger partial charge in [-0.2, -0.15) is 0 Å². The van der Waals surface area contributed by atoms with E-state index in [1.54, 1.807) is 0 Å². The molecule has 0 aliphatic heterocycles. The van der Waals surface area contributed by atoms with Gasteiger partial charge in [-0.05, 0) is 0 Å². The Kier molecular flexibility index (Phi) is 25.2. The van der Waals surface area contributed by atoms with Crippen LogP contribution in [-0.4, -0.2) is 39.7 Å². The fourth-order valence-corrected chi connectivity index (χ4v) is 0. The van der Waals surface area contributed by atoms with Gasteiger partial charge in [0.1, 0.15) is 0 Å². The van der Waals surface area contributed by atoms with Gasteiger partial charge < -0.3 is 19.9 Å². The second kappa shape index (κ2) is 8.94. The van der Waals surface area contributed by atoms with Crippen LogP contribution in [0.3, 0.4) is 0 Å². The van der Waals surface area contributed by atoms with E-state index in [4.69, 9.17) is 14.4 Å². The Balaban J connectivity index is -0.0000000267. The van der Waals surface area contributed by atoms with Crippen molar-refractivity contribution in [3.05, 3.63) is 0 Å². The molecule has 0 aromatic rings. The van der Waals surface area contributed by atoms with E-state index in [2.05, 4.69) is 12.1 Å². The smallest absolute Gasteiger partial charge is 2.00 e. The molecule has 4 nitrogen and oxygen atoms in total. The van der Waals surface area contributed by atoms with Gasteiger partial charge in [0.05, 0.1) is 0 Å². The Morgan fingerprint density at radius 3 is 1.12 bits per heavy atom. The first-order chi connectivity index (χ1) is 2.00. The molecule has 3 N–H and O–H groups in total. The largest absolute Gasteiger partial charge is 3.00 e. The van der Waals surface area contributed by atoms with Crippen molar-refractivity contribution in [1.29, 1.82) is 0 Å². The summed E-state index contributed by atoms with van der Waals surface area (Å²) in [5.74, 6) is 0. The van der Waals surface area contributed by atoms with Crippen molar-refractivity contribution < 1.29 is 49.4 Å². The van der Waals surface area contributed by atoms with Crippen LogP contribution in [-0.2, 0) is 5.48 Å². The monoisotopic (exact) mass is 178 g/mol. The van der Waals surface area contributed by atoms with Crippen LogP contribution in [0.25, 0.3) is 0 Å². The molecule has 0 spiro atoms. The first-order valence-electron chi connectivity index (χ1n) is 0.894. The molecule has 0 aromatic heterocycles. The number of rotatable bonds is 0. The Morgan fingerprint density at radius 1 is 1.12 bits per heavy atom. The topological polar surface area (TPSA) is 89.2 Å². The van der Waals surface area contributed by atoms with E-state index in [9.17, 15) is 0 Å². The Labute approximate surface area is 86.1 Å². The molecule has 0 radical (unpaired) electrons. The summed E-state index contributed by atoms with van der Waals surface area (Å²) in [4.78, 5) is 22.9. The second-order valence-electron chi connectivity index (χ2n) is 0.600. The first-order valence-corrected chi connectivity index (χ1v) is 4.02. The number of hydrogen-bond donors (Lipinski definition) is 4. The quantitative estimate of drug-likeness (QED) is 0.221. The van der Waals surface area contributed by atoms with Gasteiger partial charge in [0, 0.05) is 0 Å². The van der Waals surface area contributed by atoms with Crippen molar-refractivity contribution >= 4 is 37.4 Å². The molecule has 0 atom stereocenters. The van der Waals surface area contributed by atoms with E-state index in [0.717, 1.165) is 0 Å². The van der Waals surface area contributed by atoms with Crippen LogP contribution in [0.4, 0.5) is 0 Å². The zero-order valence-electron chi connectivity index (χ0n) is 4.27. The summed E-state index contributed by atoms with van der Waals surface area (Å²) < 4.78 is 0. The normalized spacial score (nSPS) is 7.50. The number of hydrogen-bond acceptors (Lipinski definition) is 4. The van der Waals surface area contributed by atoms with Crippen molar-refractivity contribution in [1.82, 2.24) is 0 Å². The average molecular weight is 178 g/mol. The summed E-state index contributed by atoms with van der Waals surface area (Å²) in [5.41, 5.74) is 0. The van der Waals surface area contributed by atoms with Crippen LogP contribution in [0, 0.1) is 0 Å². The third-order valence-electron chi connectivity index (χ3n) is 0. The molecule has 0 aliphatic carbocycles. The molecule has 0 aliphatic rings. The van der Waals surface area contributed by atoms with Crippen LogP contribution < -0.4 is 29.6 Å². The molecular weight excluding hydrogens is 174 g/mol. The minimum atomic E-state index is -3.92. The molecule has 8 heavy (non-hydrogen) atoms. The molecule has 0 aromatic carbocycles. The molecule has 40 valence electrons. The second-order valence-corrected chi connectivity index (χ2v) is 3.60. The van der Waals surface area contributed by atoms with Gasteiger partial charge in [0.25, 0.3) is 0 Å². The SMILES string of the molecule is O[Si](O)(O)S.[Al+3].[Na+].[O-2]. The van der Waals surface area contributed by atoms with E-state index < -0.39 is 7.95 Å². The molecular formula is H4AlNaO4SSi+2. The van der Waals surface area contributed by atoms with Crippen molar-refractivity contribution in [2.24, 2.45) is 0 Å². The van der Waals surface area contributed by atoms with E-state index in [1.165, 1.54) is 0 Å². The zero-order chi connectivity index (χ0) is 4.50. The first kappa shape index (κ1) is 22.5. The minimum Gasteiger partial charge on any atom is -2.00 e. The van der Waals surface area contributed by atoms with E-state index in [1.807, 2.05) is 0 Å². The molecule has 0 fully saturated rings. The summed E-state index contributed by atoms with van der Waals surface area (Å²) >= 11 is 2.93. The Morgan fingerprint density at radius 2 is 1.12 bits per heavy atom. The Hall–Kier alpha value is 1.94. The summed E-state index contributed by atoms with van der Waals surface area (Å²) in [6.45, 7) is 0. The van der Waals surface area contributed by atoms with Crippen LogP contribution in [0.2, 0.25) is 0 Å². The summed E-state index contributed by atoms with van der Waals surface area (Å²) in [6, 6.07) is 0. The fraction of sp³-hybridized carbons (Fsp3) is 0. The molecule has 0 unspecified atom stereocenters. The van der Waals surface area contributed by atoms with Crippen LogP contribution >= 0.6 is 12.1 Å². The van der Waals surface area contributed by atoms with Gasteiger partial charge in [-0.3, -0.25) is 0 Å². The third kappa shape index (κ3) is 102. The van der Waals surface area contributed by atoms with Crippen molar-refractivity contribution in [2.45, 2.75) is 0 Å². The molecule has 0 rings (SSSR count). The van der Waals surface area contributed by atoms with Gasteiger partial charge in [-0.15, -0.1) is 12.1 Å².